The summed E-state index contributed by atoms with van der Waals surface area (Å²) in [6.07, 6.45) is 1.60. The molecule has 1 aromatic carbocycles. The molecule has 20 heavy (non-hydrogen) atoms. The summed E-state index contributed by atoms with van der Waals surface area (Å²) < 4.78 is 7.12. The number of nitrogens with zero attached hydrogens (tertiary/aromatic N) is 3. The van der Waals surface area contributed by atoms with Crippen LogP contribution in [0.2, 0.25) is 0 Å². The molecule has 6 nitrogen and oxygen atoms in total. The van der Waals surface area contributed by atoms with Crippen molar-refractivity contribution in [3.05, 3.63) is 46.8 Å². The summed E-state index contributed by atoms with van der Waals surface area (Å²) in [6.45, 7) is 4.29. The Morgan fingerprint density at radius 2 is 2.05 bits per heavy atom. The first kappa shape index (κ1) is 12.4. The fourth-order valence-electron chi connectivity index (χ4n) is 2.11. The van der Waals surface area contributed by atoms with E-state index in [2.05, 4.69) is 15.0 Å². The van der Waals surface area contributed by atoms with Gasteiger partial charge in [-0.2, -0.15) is 0 Å². The summed E-state index contributed by atoms with van der Waals surface area (Å²) in [6, 6.07) is 7.48. The van der Waals surface area contributed by atoms with E-state index in [1.807, 2.05) is 31.2 Å². The summed E-state index contributed by atoms with van der Waals surface area (Å²) in [5.74, 6) is 1.35. The molecule has 0 bridgehead atoms. The number of rotatable bonds is 3. The average Bonchev–Trinajstić information content (AvgIpc) is 2.84. The van der Waals surface area contributed by atoms with Crippen molar-refractivity contribution in [2.45, 2.75) is 13.8 Å². The van der Waals surface area contributed by atoms with Crippen LogP contribution in [0.25, 0.3) is 16.9 Å². The third-order valence-corrected chi connectivity index (χ3v) is 2.96. The highest BCUT2D eigenvalue weighted by molar-refractivity contribution is 5.72. The second-order valence-corrected chi connectivity index (χ2v) is 4.37. The van der Waals surface area contributed by atoms with Gasteiger partial charge in [0.1, 0.15) is 17.9 Å². The van der Waals surface area contributed by atoms with Crippen molar-refractivity contribution in [2.75, 3.05) is 6.61 Å². The zero-order valence-corrected chi connectivity index (χ0v) is 11.3. The zero-order valence-electron chi connectivity index (χ0n) is 11.3. The minimum absolute atomic E-state index is 0.195. The number of fused-ring (bicyclic) bond motifs is 1. The second-order valence-electron chi connectivity index (χ2n) is 4.37. The summed E-state index contributed by atoms with van der Waals surface area (Å²) >= 11 is 0. The van der Waals surface area contributed by atoms with Crippen LogP contribution in [0.15, 0.2) is 35.4 Å². The van der Waals surface area contributed by atoms with Crippen molar-refractivity contribution in [1.29, 1.82) is 0 Å². The highest BCUT2D eigenvalue weighted by Crippen LogP contribution is 2.18. The van der Waals surface area contributed by atoms with Crippen LogP contribution in [-0.2, 0) is 0 Å². The number of aryl methyl sites for hydroxylation is 1. The van der Waals surface area contributed by atoms with Gasteiger partial charge in [-0.1, -0.05) is 0 Å². The lowest BCUT2D eigenvalue weighted by atomic mass is 10.3. The number of hydrogen-bond donors (Lipinski definition) is 1. The largest absolute Gasteiger partial charge is 0.494 e. The Hall–Kier alpha value is -2.63. The van der Waals surface area contributed by atoms with Crippen LogP contribution in [0, 0.1) is 6.92 Å². The molecule has 2 aromatic heterocycles. The van der Waals surface area contributed by atoms with Gasteiger partial charge in [-0.05, 0) is 38.1 Å². The minimum Gasteiger partial charge on any atom is -0.494 e. The average molecular weight is 270 g/mol. The van der Waals surface area contributed by atoms with Crippen molar-refractivity contribution < 1.29 is 4.74 Å². The van der Waals surface area contributed by atoms with E-state index < -0.39 is 0 Å². The molecule has 0 spiro atoms. The summed E-state index contributed by atoms with van der Waals surface area (Å²) in [4.78, 5) is 23.1. The fraction of sp³-hybridized carbons (Fsp3) is 0.214. The SMILES string of the molecule is CCOc1ccc(-n2cnc3nc(C)[nH]c(=O)c32)cc1. The lowest BCUT2D eigenvalue weighted by molar-refractivity contribution is 0.340. The molecular weight excluding hydrogens is 256 g/mol. The molecule has 0 aliphatic carbocycles. The van der Waals surface area contributed by atoms with Crippen molar-refractivity contribution >= 4 is 11.2 Å². The van der Waals surface area contributed by atoms with E-state index in [1.165, 1.54) is 0 Å². The van der Waals surface area contributed by atoms with Crippen LogP contribution in [0.1, 0.15) is 12.7 Å². The van der Waals surface area contributed by atoms with Crippen LogP contribution < -0.4 is 10.3 Å². The highest BCUT2D eigenvalue weighted by atomic mass is 16.5. The first-order valence-electron chi connectivity index (χ1n) is 6.36. The Morgan fingerprint density at radius 3 is 2.75 bits per heavy atom. The van der Waals surface area contributed by atoms with E-state index in [-0.39, 0.29) is 5.56 Å². The molecule has 0 radical (unpaired) electrons. The molecule has 3 aromatic rings. The zero-order chi connectivity index (χ0) is 14.1. The molecule has 2 heterocycles. The Balaban J connectivity index is 2.12. The second kappa shape index (κ2) is 4.80. The first-order chi connectivity index (χ1) is 9.69. The van der Waals surface area contributed by atoms with Crippen LogP contribution in [0.5, 0.6) is 5.75 Å². The number of imidazole rings is 1. The van der Waals surface area contributed by atoms with Crippen LogP contribution in [-0.4, -0.2) is 26.1 Å². The number of H-pyrrole nitrogens is 1. The Morgan fingerprint density at radius 1 is 1.30 bits per heavy atom. The number of ether oxygens (including phenoxy) is 1. The van der Waals surface area contributed by atoms with E-state index in [0.29, 0.717) is 23.6 Å². The lowest BCUT2D eigenvalue weighted by Gasteiger charge is -2.06. The van der Waals surface area contributed by atoms with Crippen molar-refractivity contribution in [2.24, 2.45) is 0 Å². The van der Waals surface area contributed by atoms with Gasteiger partial charge < -0.3 is 9.72 Å². The van der Waals surface area contributed by atoms with E-state index >= 15 is 0 Å². The molecule has 0 saturated carbocycles. The third-order valence-electron chi connectivity index (χ3n) is 2.96. The summed E-state index contributed by atoms with van der Waals surface area (Å²) in [5, 5.41) is 0. The molecule has 6 heteroatoms. The summed E-state index contributed by atoms with van der Waals surface area (Å²) in [5.41, 5.74) is 1.53. The van der Waals surface area contributed by atoms with E-state index in [1.54, 1.807) is 17.8 Å². The molecule has 0 fully saturated rings. The van der Waals surface area contributed by atoms with Gasteiger partial charge >= 0.3 is 0 Å². The molecule has 102 valence electrons. The Bertz CT molecular complexity index is 802. The minimum atomic E-state index is -0.195. The molecule has 3 rings (SSSR count). The predicted octanol–water partition coefficient (Wildman–Crippen LogP) is 1.82. The number of aromatic amines is 1. The van der Waals surface area contributed by atoms with E-state index in [9.17, 15) is 4.79 Å². The predicted molar refractivity (Wildman–Crippen MR) is 75.4 cm³/mol. The maximum Gasteiger partial charge on any atom is 0.277 e. The summed E-state index contributed by atoms with van der Waals surface area (Å²) in [7, 11) is 0. The van der Waals surface area contributed by atoms with Gasteiger partial charge in [0.15, 0.2) is 11.2 Å². The lowest BCUT2D eigenvalue weighted by Crippen LogP contribution is -2.12. The molecular formula is C14H14N4O2. The van der Waals surface area contributed by atoms with Crippen LogP contribution >= 0.6 is 0 Å². The number of aromatic nitrogens is 4. The standard InChI is InChI=1S/C14H14N4O2/c1-3-20-11-6-4-10(5-7-11)18-8-15-13-12(18)14(19)17-9(2)16-13/h4-8H,3H2,1-2H3,(H,16,17,19). The fourth-order valence-corrected chi connectivity index (χ4v) is 2.11. The molecule has 0 saturated heterocycles. The van der Waals surface area contributed by atoms with E-state index in [0.717, 1.165) is 11.4 Å². The smallest absolute Gasteiger partial charge is 0.277 e. The maximum absolute atomic E-state index is 12.0. The Labute approximate surface area is 115 Å². The van der Waals surface area contributed by atoms with Crippen molar-refractivity contribution in [1.82, 2.24) is 19.5 Å². The first-order valence-corrected chi connectivity index (χ1v) is 6.36. The topological polar surface area (TPSA) is 72.8 Å². The van der Waals surface area contributed by atoms with Gasteiger partial charge in [0, 0.05) is 5.69 Å². The maximum atomic E-state index is 12.0. The number of hydrogen-bond acceptors (Lipinski definition) is 4. The number of benzene rings is 1. The third kappa shape index (κ3) is 2.05. The molecule has 1 N–H and O–H groups in total. The van der Waals surface area contributed by atoms with Gasteiger partial charge in [0.05, 0.1) is 6.61 Å². The number of nitrogens with one attached hydrogen (secondary N) is 1. The monoisotopic (exact) mass is 270 g/mol. The van der Waals surface area contributed by atoms with E-state index in [4.69, 9.17) is 4.74 Å². The molecule has 0 atom stereocenters. The molecule has 0 amide bonds. The van der Waals surface area contributed by atoms with Crippen LogP contribution in [0.3, 0.4) is 0 Å². The van der Waals surface area contributed by atoms with Gasteiger partial charge in [0.25, 0.3) is 5.56 Å². The molecule has 0 aliphatic heterocycles. The molecule has 0 unspecified atom stereocenters. The van der Waals surface area contributed by atoms with Gasteiger partial charge in [-0.25, -0.2) is 9.97 Å². The quantitative estimate of drug-likeness (QED) is 0.787. The van der Waals surface area contributed by atoms with Gasteiger partial charge in [0.2, 0.25) is 0 Å². The van der Waals surface area contributed by atoms with Crippen molar-refractivity contribution in [3.63, 3.8) is 0 Å². The normalized spacial score (nSPS) is 10.9. The highest BCUT2D eigenvalue weighted by Gasteiger charge is 2.10. The van der Waals surface area contributed by atoms with Gasteiger partial charge in [-0.15, -0.1) is 0 Å². The molecule has 0 aliphatic rings. The van der Waals surface area contributed by atoms with Gasteiger partial charge in [-0.3, -0.25) is 9.36 Å². The van der Waals surface area contributed by atoms with Crippen molar-refractivity contribution in [3.8, 4) is 11.4 Å². The van der Waals surface area contributed by atoms with Crippen LogP contribution in [0.4, 0.5) is 0 Å². The Kier molecular flexibility index (Phi) is 2.98.